The molecular weight excluding hydrogens is 372 g/mol. The SMILES string of the molecule is CCC=CCCOc1c(OC(=O)c2ccccc2)c2ccc(OC)cc2oc1=O. The van der Waals surface area contributed by atoms with Gasteiger partial charge in [-0.25, -0.2) is 9.59 Å². The van der Waals surface area contributed by atoms with E-state index < -0.39 is 11.6 Å². The van der Waals surface area contributed by atoms with Crippen LogP contribution in [0.3, 0.4) is 0 Å². The third-order valence-electron chi connectivity index (χ3n) is 4.17. The quantitative estimate of drug-likeness (QED) is 0.237. The minimum Gasteiger partial charge on any atom is -0.497 e. The average molecular weight is 394 g/mol. The van der Waals surface area contributed by atoms with E-state index in [1.807, 2.05) is 19.1 Å². The highest BCUT2D eigenvalue weighted by atomic mass is 16.6. The maximum atomic E-state index is 12.6. The van der Waals surface area contributed by atoms with E-state index >= 15 is 0 Å². The topological polar surface area (TPSA) is 75.0 Å². The maximum Gasteiger partial charge on any atom is 0.383 e. The van der Waals surface area contributed by atoms with Crippen molar-refractivity contribution in [2.75, 3.05) is 13.7 Å². The fourth-order valence-electron chi connectivity index (χ4n) is 2.73. The Labute approximate surface area is 168 Å². The largest absolute Gasteiger partial charge is 0.497 e. The van der Waals surface area contributed by atoms with Crippen molar-refractivity contribution in [3.8, 4) is 17.2 Å². The van der Waals surface area contributed by atoms with E-state index in [1.54, 1.807) is 48.5 Å². The number of ether oxygens (including phenoxy) is 3. The van der Waals surface area contributed by atoms with Gasteiger partial charge in [-0.1, -0.05) is 37.3 Å². The molecule has 1 heterocycles. The van der Waals surface area contributed by atoms with Crippen molar-refractivity contribution in [3.05, 3.63) is 76.7 Å². The van der Waals surface area contributed by atoms with Crippen molar-refractivity contribution in [1.82, 2.24) is 0 Å². The lowest BCUT2D eigenvalue weighted by atomic mass is 10.2. The molecular formula is C23H22O6. The molecule has 0 N–H and O–H groups in total. The van der Waals surface area contributed by atoms with Gasteiger partial charge in [0.2, 0.25) is 5.75 Å². The first-order valence-electron chi connectivity index (χ1n) is 9.34. The fraction of sp³-hybridized carbons (Fsp3) is 0.217. The third-order valence-corrected chi connectivity index (χ3v) is 4.17. The van der Waals surface area contributed by atoms with E-state index in [1.165, 1.54) is 7.11 Å². The smallest absolute Gasteiger partial charge is 0.383 e. The molecule has 0 fully saturated rings. The van der Waals surface area contributed by atoms with E-state index in [4.69, 9.17) is 18.6 Å². The van der Waals surface area contributed by atoms with Crippen LogP contribution in [0.15, 0.2) is 69.9 Å². The van der Waals surface area contributed by atoms with Crippen molar-refractivity contribution in [3.63, 3.8) is 0 Å². The molecule has 0 saturated heterocycles. The minimum atomic E-state index is -0.721. The predicted molar refractivity (Wildman–Crippen MR) is 110 cm³/mol. The summed E-state index contributed by atoms with van der Waals surface area (Å²) in [6, 6.07) is 13.4. The summed E-state index contributed by atoms with van der Waals surface area (Å²) in [7, 11) is 1.51. The summed E-state index contributed by atoms with van der Waals surface area (Å²) in [5.74, 6) is -0.174. The van der Waals surface area contributed by atoms with E-state index in [-0.39, 0.29) is 23.7 Å². The first-order chi connectivity index (χ1) is 14.1. The molecule has 3 rings (SSSR count). The number of carbonyl (C=O) groups excluding carboxylic acids is 1. The third kappa shape index (κ3) is 4.85. The van der Waals surface area contributed by atoms with Gasteiger partial charge in [-0.3, -0.25) is 0 Å². The fourth-order valence-corrected chi connectivity index (χ4v) is 2.73. The van der Waals surface area contributed by atoms with E-state index in [9.17, 15) is 9.59 Å². The number of methoxy groups -OCH3 is 1. The Morgan fingerprint density at radius 1 is 1.07 bits per heavy atom. The van der Waals surface area contributed by atoms with Crippen molar-refractivity contribution < 1.29 is 23.4 Å². The van der Waals surface area contributed by atoms with Gasteiger partial charge in [-0.05, 0) is 37.1 Å². The summed E-state index contributed by atoms with van der Waals surface area (Å²) in [5.41, 5.74) is -0.122. The van der Waals surface area contributed by atoms with Gasteiger partial charge in [0.15, 0.2) is 5.75 Å². The van der Waals surface area contributed by atoms with Gasteiger partial charge in [0.1, 0.15) is 11.3 Å². The first kappa shape index (κ1) is 20.2. The number of hydrogen-bond donors (Lipinski definition) is 0. The zero-order valence-corrected chi connectivity index (χ0v) is 16.3. The molecule has 0 aliphatic heterocycles. The van der Waals surface area contributed by atoms with Gasteiger partial charge < -0.3 is 18.6 Å². The normalized spacial score (nSPS) is 11.0. The van der Waals surface area contributed by atoms with Gasteiger partial charge in [0.05, 0.1) is 24.7 Å². The Bertz CT molecular complexity index is 1070. The van der Waals surface area contributed by atoms with Crippen molar-refractivity contribution in [1.29, 1.82) is 0 Å². The highest BCUT2D eigenvalue weighted by Gasteiger charge is 2.21. The number of rotatable bonds is 8. The molecule has 1 aromatic heterocycles. The highest BCUT2D eigenvalue weighted by Crippen LogP contribution is 2.35. The Morgan fingerprint density at radius 2 is 1.86 bits per heavy atom. The molecule has 150 valence electrons. The maximum absolute atomic E-state index is 12.6. The molecule has 0 spiro atoms. The molecule has 3 aromatic rings. The van der Waals surface area contributed by atoms with Crippen LogP contribution in [0.4, 0.5) is 0 Å². The number of hydrogen-bond acceptors (Lipinski definition) is 6. The van der Waals surface area contributed by atoms with Crippen LogP contribution in [0.1, 0.15) is 30.1 Å². The summed E-state index contributed by atoms with van der Waals surface area (Å²) in [6.45, 7) is 2.28. The number of allylic oxidation sites excluding steroid dienone is 1. The predicted octanol–water partition coefficient (Wildman–Crippen LogP) is 4.76. The zero-order valence-electron chi connectivity index (χ0n) is 16.3. The van der Waals surface area contributed by atoms with Crippen molar-refractivity contribution in [2.45, 2.75) is 19.8 Å². The van der Waals surface area contributed by atoms with Crippen LogP contribution in [0.5, 0.6) is 17.2 Å². The lowest BCUT2D eigenvalue weighted by Gasteiger charge is -2.13. The summed E-state index contributed by atoms with van der Waals surface area (Å²) in [5, 5.41) is 0.439. The Morgan fingerprint density at radius 3 is 2.59 bits per heavy atom. The van der Waals surface area contributed by atoms with Gasteiger partial charge in [-0.2, -0.15) is 0 Å². The second-order valence-electron chi connectivity index (χ2n) is 6.18. The second kappa shape index (κ2) is 9.59. The van der Waals surface area contributed by atoms with Crippen LogP contribution in [-0.2, 0) is 0 Å². The molecule has 0 atom stereocenters. The van der Waals surface area contributed by atoms with Crippen LogP contribution in [-0.4, -0.2) is 19.7 Å². The number of benzene rings is 2. The first-order valence-corrected chi connectivity index (χ1v) is 9.34. The van der Waals surface area contributed by atoms with Crippen LogP contribution in [0.2, 0.25) is 0 Å². The number of carbonyl (C=O) groups is 1. The molecule has 0 radical (unpaired) electrons. The Hall–Kier alpha value is -3.54. The molecule has 0 amide bonds. The highest BCUT2D eigenvalue weighted by molar-refractivity contribution is 5.95. The zero-order chi connectivity index (χ0) is 20.6. The Balaban J connectivity index is 2.01. The molecule has 0 unspecified atom stereocenters. The summed E-state index contributed by atoms with van der Waals surface area (Å²) in [6.07, 6.45) is 5.50. The van der Waals surface area contributed by atoms with Gasteiger partial charge >= 0.3 is 11.6 Å². The van der Waals surface area contributed by atoms with Crippen molar-refractivity contribution in [2.24, 2.45) is 0 Å². The summed E-state index contributed by atoms with van der Waals surface area (Å²) < 4.78 is 21.8. The lowest BCUT2D eigenvalue weighted by Crippen LogP contribution is -2.15. The molecule has 0 aliphatic carbocycles. The molecule has 0 saturated carbocycles. The average Bonchev–Trinajstić information content (AvgIpc) is 2.75. The van der Waals surface area contributed by atoms with Crippen LogP contribution in [0, 0.1) is 0 Å². The lowest BCUT2D eigenvalue weighted by molar-refractivity contribution is 0.0729. The van der Waals surface area contributed by atoms with Gasteiger partial charge in [0.25, 0.3) is 0 Å². The Kier molecular flexibility index (Phi) is 6.68. The monoisotopic (exact) mass is 394 g/mol. The number of fused-ring (bicyclic) bond motifs is 1. The molecule has 6 heteroatoms. The molecule has 6 nitrogen and oxygen atoms in total. The molecule has 2 aromatic carbocycles. The van der Waals surface area contributed by atoms with Crippen molar-refractivity contribution >= 4 is 16.9 Å². The van der Waals surface area contributed by atoms with E-state index in [0.717, 1.165) is 6.42 Å². The number of esters is 1. The molecule has 0 bridgehead atoms. The second-order valence-corrected chi connectivity index (χ2v) is 6.18. The molecule has 0 aliphatic rings. The molecule has 29 heavy (non-hydrogen) atoms. The van der Waals surface area contributed by atoms with Crippen LogP contribution >= 0.6 is 0 Å². The minimum absolute atomic E-state index is 0.0345. The van der Waals surface area contributed by atoms with E-state index in [0.29, 0.717) is 23.1 Å². The van der Waals surface area contributed by atoms with Gasteiger partial charge in [0, 0.05) is 6.07 Å². The summed E-state index contributed by atoms with van der Waals surface area (Å²) >= 11 is 0. The standard InChI is InChI=1S/C23H22O6/c1-3-4-5-9-14-27-21-20(29-22(24)16-10-7-6-8-11-16)18-13-12-17(26-2)15-19(18)28-23(21)25/h4-8,10-13,15H,3,9,14H2,1-2H3. The summed E-state index contributed by atoms with van der Waals surface area (Å²) in [4.78, 5) is 25.2. The van der Waals surface area contributed by atoms with E-state index in [2.05, 4.69) is 0 Å². The van der Waals surface area contributed by atoms with Crippen LogP contribution < -0.4 is 19.8 Å². The van der Waals surface area contributed by atoms with Crippen LogP contribution in [0.25, 0.3) is 11.0 Å². The van der Waals surface area contributed by atoms with Gasteiger partial charge in [-0.15, -0.1) is 0 Å².